The molecule has 0 saturated carbocycles. The second-order valence-electron chi connectivity index (χ2n) is 5.97. The lowest BCUT2D eigenvalue weighted by atomic mass is 9.89. The fraction of sp³-hybridized carbons (Fsp3) is 0.562. The molecule has 108 valence electrons. The van der Waals surface area contributed by atoms with Crippen LogP contribution >= 0.6 is 0 Å². The lowest BCUT2D eigenvalue weighted by Crippen LogP contribution is -2.31. The Labute approximate surface area is 119 Å². The van der Waals surface area contributed by atoms with Crippen LogP contribution < -0.4 is 10.6 Å². The highest BCUT2D eigenvalue weighted by atomic mass is 16.5. The molecule has 4 atom stereocenters. The summed E-state index contributed by atoms with van der Waals surface area (Å²) in [4.78, 5) is 12.5. The highest BCUT2D eigenvalue weighted by Gasteiger charge is 2.41. The fourth-order valence-corrected chi connectivity index (χ4v) is 3.33. The Bertz CT molecular complexity index is 529. The number of benzene rings is 1. The third kappa shape index (κ3) is 2.29. The summed E-state index contributed by atoms with van der Waals surface area (Å²) in [6, 6.07) is 6.07. The van der Waals surface area contributed by atoms with Crippen molar-refractivity contribution in [1.82, 2.24) is 0 Å². The van der Waals surface area contributed by atoms with E-state index in [9.17, 15) is 4.79 Å². The Morgan fingerprint density at radius 2 is 2.10 bits per heavy atom. The zero-order valence-corrected chi connectivity index (χ0v) is 12.3. The quantitative estimate of drug-likeness (QED) is 0.871. The van der Waals surface area contributed by atoms with E-state index in [-0.39, 0.29) is 30.0 Å². The minimum Gasteiger partial charge on any atom is -0.384 e. The van der Waals surface area contributed by atoms with E-state index in [0.717, 1.165) is 18.7 Å². The number of nitrogens with one attached hydrogen (secondary N) is 2. The smallest absolute Gasteiger partial charge is 0.230 e. The number of carbonyl (C=O) groups is 1. The van der Waals surface area contributed by atoms with Crippen LogP contribution in [0, 0.1) is 11.8 Å². The lowest BCUT2D eigenvalue weighted by Gasteiger charge is -2.18. The monoisotopic (exact) mass is 274 g/mol. The number of hydrogen-bond acceptors (Lipinski definition) is 3. The molecule has 0 aromatic heterocycles. The van der Waals surface area contributed by atoms with Gasteiger partial charge in [-0.15, -0.1) is 0 Å². The molecule has 1 fully saturated rings. The summed E-state index contributed by atoms with van der Waals surface area (Å²) < 4.78 is 5.75. The number of carbonyl (C=O) groups excluding carboxylic acids is 1. The Balaban J connectivity index is 1.73. The van der Waals surface area contributed by atoms with Crippen LogP contribution in [0.3, 0.4) is 0 Å². The molecule has 2 aliphatic heterocycles. The molecule has 2 aliphatic rings. The van der Waals surface area contributed by atoms with Crippen molar-refractivity contribution in [3.05, 3.63) is 23.8 Å². The van der Waals surface area contributed by atoms with Crippen LogP contribution in [-0.4, -0.2) is 24.7 Å². The molecule has 4 heteroatoms. The second kappa shape index (κ2) is 5.09. The molecule has 1 aromatic carbocycles. The largest absolute Gasteiger partial charge is 0.384 e. The van der Waals surface area contributed by atoms with Gasteiger partial charge in [-0.25, -0.2) is 0 Å². The number of rotatable bonds is 2. The standard InChI is InChI=1S/C16H22N2O2/c1-9-10(2)20-11(3)15(9)16(19)18-13-4-5-14-12(8-13)6-7-17-14/h4-5,8-11,15,17H,6-7H2,1-3H3,(H,18,19). The molecule has 4 unspecified atom stereocenters. The Hall–Kier alpha value is -1.55. The SMILES string of the molecule is CC1OC(C)C(C(=O)Nc2ccc3c(c2)CCN3)C1C. The van der Waals surface area contributed by atoms with Gasteiger partial charge in [-0.3, -0.25) is 4.79 Å². The van der Waals surface area contributed by atoms with Gasteiger partial charge in [0.15, 0.2) is 0 Å². The van der Waals surface area contributed by atoms with Crippen LogP contribution in [-0.2, 0) is 16.0 Å². The van der Waals surface area contributed by atoms with Crippen molar-refractivity contribution >= 4 is 17.3 Å². The molecule has 1 saturated heterocycles. The van der Waals surface area contributed by atoms with Gasteiger partial charge in [0.25, 0.3) is 0 Å². The molecule has 2 N–H and O–H groups in total. The minimum atomic E-state index is -0.0728. The van der Waals surface area contributed by atoms with E-state index < -0.39 is 0 Å². The molecule has 3 rings (SSSR count). The normalized spacial score (nSPS) is 31.8. The number of anilines is 2. The Morgan fingerprint density at radius 1 is 1.30 bits per heavy atom. The summed E-state index contributed by atoms with van der Waals surface area (Å²) in [5.74, 6) is 0.248. The van der Waals surface area contributed by atoms with E-state index in [1.165, 1.54) is 11.3 Å². The summed E-state index contributed by atoms with van der Waals surface area (Å²) in [7, 11) is 0. The fourth-order valence-electron chi connectivity index (χ4n) is 3.33. The number of amides is 1. The predicted octanol–water partition coefficient (Wildman–Crippen LogP) is 2.65. The molecule has 1 amide bonds. The zero-order chi connectivity index (χ0) is 14.3. The Morgan fingerprint density at radius 3 is 2.80 bits per heavy atom. The van der Waals surface area contributed by atoms with Crippen LogP contribution in [0.5, 0.6) is 0 Å². The summed E-state index contributed by atoms with van der Waals surface area (Å²) in [5, 5.41) is 6.37. The van der Waals surface area contributed by atoms with E-state index >= 15 is 0 Å². The first-order chi connectivity index (χ1) is 9.56. The van der Waals surface area contributed by atoms with Gasteiger partial charge in [0.1, 0.15) is 0 Å². The third-order valence-corrected chi connectivity index (χ3v) is 4.63. The molecule has 0 radical (unpaired) electrons. The molecule has 0 bridgehead atoms. The zero-order valence-electron chi connectivity index (χ0n) is 12.3. The van der Waals surface area contributed by atoms with Crippen molar-refractivity contribution in [3.8, 4) is 0 Å². The maximum absolute atomic E-state index is 12.5. The average Bonchev–Trinajstić information content (AvgIpc) is 2.94. The van der Waals surface area contributed by atoms with Gasteiger partial charge in [-0.05, 0) is 49.9 Å². The highest BCUT2D eigenvalue weighted by Crippen LogP contribution is 2.33. The summed E-state index contributed by atoms with van der Waals surface area (Å²) in [6.07, 6.45) is 1.15. The number of fused-ring (bicyclic) bond motifs is 1. The number of ether oxygens (including phenoxy) is 1. The first kappa shape index (κ1) is 13.4. The molecule has 0 spiro atoms. The molecule has 2 heterocycles. The van der Waals surface area contributed by atoms with Crippen molar-refractivity contribution in [3.63, 3.8) is 0 Å². The van der Waals surface area contributed by atoms with Gasteiger partial charge in [-0.2, -0.15) is 0 Å². The molecule has 0 aliphatic carbocycles. The summed E-state index contributed by atoms with van der Waals surface area (Å²) in [5.41, 5.74) is 3.35. The van der Waals surface area contributed by atoms with Crippen molar-refractivity contribution in [2.24, 2.45) is 11.8 Å². The van der Waals surface area contributed by atoms with Gasteiger partial charge in [0.05, 0.1) is 18.1 Å². The third-order valence-electron chi connectivity index (χ3n) is 4.63. The first-order valence-electron chi connectivity index (χ1n) is 7.39. The number of hydrogen-bond donors (Lipinski definition) is 2. The van der Waals surface area contributed by atoms with Crippen molar-refractivity contribution < 1.29 is 9.53 Å². The molecular weight excluding hydrogens is 252 g/mol. The summed E-state index contributed by atoms with van der Waals surface area (Å²) >= 11 is 0. The maximum atomic E-state index is 12.5. The van der Waals surface area contributed by atoms with Gasteiger partial charge >= 0.3 is 0 Å². The molecule has 4 nitrogen and oxygen atoms in total. The van der Waals surface area contributed by atoms with Gasteiger partial charge in [0.2, 0.25) is 5.91 Å². The average molecular weight is 274 g/mol. The van der Waals surface area contributed by atoms with Gasteiger partial charge < -0.3 is 15.4 Å². The van der Waals surface area contributed by atoms with Crippen molar-refractivity contribution in [2.45, 2.75) is 39.4 Å². The van der Waals surface area contributed by atoms with Crippen molar-refractivity contribution in [2.75, 3.05) is 17.2 Å². The molecule has 1 aromatic rings. The molecular formula is C16H22N2O2. The highest BCUT2D eigenvalue weighted by molar-refractivity contribution is 5.93. The second-order valence-corrected chi connectivity index (χ2v) is 5.97. The van der Waals surface area contributed by atoms with E-state index in [0.29, 0.717) is 0 Å². The van der Waals surface area contributed by atoms with E-state index in [1.54, 1.807) is 0 Å². The van der Waals surface area contributed by atoms with Gasteiger partial charge in [-0.1, -0.05) is 6.92 Å². The van der Waals surface area contributed by atoms with Crippen LogP contribution in [0.25, 0.3) is 0 Å². The van der Waals surface area contributed by atoms with E-state index in [1.807, 2.05) is 26.0 Å². The first-order valence-corrected chi connectivity index (χ1v) is 7.39. The van der Waals surface area contributed by atoms with E-state index in [4.69, 9.17) is 4.74 Å². The predicted molar refractivity (Wildman–Crippen MR) is 79.9 cm³/mol. The Kier molecular flexibility index (Phi) is 3.42. The lowest BCUT2D eigenvalue weighted by molar-refractivity contribution is -0.121. The summed E-state index contributed by atoms with van der Waals surface area (Å²) in [6.45, 7) is 7.09. The minimum absolute atomic E-state index is 0.0175. The van der Waals surface area contributed by atoms with Crippen LogP contribution in [0.4, 0.5) is 11.4 Å². The van der Waals surface area contributed by atoms with Crippen LogP contribution in [0.15, 0.2) is 18.2 Å². The van der Waals surface area contributed by atoms with Crippen LogP contribution in [0.1, 0.15) is 26.3 Å². The maximum Gasteiger partial charge on any atom is 0.230 e. The van der Waals surface area contributed by atoms with Crippen LogP contribution in [0.2, 0.25) is 0 Å². The molecule has 20 heavy (non-hydrogen) atoms. The topological polar surface area (TPSA) is 50.4 Å². The van der Waals surface area contributed by atoms with E-state index in [2.05, 4.69) is 23.6 Å². The van der Waals surface area contributed by atoms with Crippen molar-refractivity contribution in [1.29, 1.82) is 0 Å². The van der Waals surface area contributed by atoms with Gasteiger partial charge in [0, 0.05) is 17.9 Å².